The largest absolute Gasteiger partial charge is 0.529 e. The summed E-state index contributed by atoms with van der Waals surface area (Å²) in [6, 6.07) is 0. The minimum atomic E-state index is -5.84. The molecule has 0 aliphatic heterocycles. The number of hydrogen-bond acceptors (Lipinski definition) is 3. The maximum absolute atomic E-state index is 10.7. The molecule has 0 heterocycles. The summed E-state index contributed by atoms with van der Waals surface area (Å²) in [5.74, 6) is 0. The first kappa shape index (κ1) is 18.6. The average molecular weight is 304 g/mol. The van der Waals surface area contributed by atoms with Crippen molar-refractivity contribution < 1.29 is 57.2 Å². The van der Waals surface area contributed by atoms with Gasteiger partial charge in [0, 0.05) is 0 Å². The molecule has 0 saturated heterocycles. The lowest BCUT2D eigenvalue weighted by Crippen LogP contribution is -2.25. The van der Waals surface area contributed by atoms with Gasteiger partial charge in [0.25, 0.3) is 0 Å². The van der Waals surface area contributed by atoms with Crippen LogP contribution in [-0.2, 0) is 14.9 Å². The zero-order valence-corrected chi connectivity index (χ0v) is 7.80. The van der Waals surface area contributed by atoms with Crippen LogP contribution in [0.3, 0.4) is 0 Å². The van der Waals surface area contributed by atoms with Crippen molar-refractivity contribution in [1.82, 2.24) is 0 Å². The Balaban J connectivity index is 0. The minimum Gasteiger partial charge on any atom is -0.279 e. The molecule has 106 valence electrons. The van der Waals surface area contributed by atoms with E-state index in [1.54, 1.807) is 4.74 Å². The summed E-state index contributed by atoms with van der Waals surface area (Å²) in [4.78, 5) is 0. The van der Waals surface area contributed by atoms with Crippen LogP contribution in [0.25, 0.3) is 0 Å². The topological polar surface area (TPSA) is 63.6 Å². The summed E-state index contributed by atoms with van der Waals surface area (Å²) in [5.41, 5.74) is -5.53. The van der Waals surface area contributed by atoms with Crippen molar-refractivity contribution in [2.45, 2.75) is 18.2 Å². The van der Waals surface area contributed by atoms with Crippen LogP contribution in [0.15, 0.2) is 0 Å². The van der Waals surface area contributed by atoms with E-state index < -0.39 is 28.4 Å². The predicted molar refractivity (Wildman–Crippen MR) is 30.8 cm³/mol. The standard InChI is InChI=1S/C2F6O.CHF3O3S/c3-1(4,5)9-2(6,7)8;2-1(3,4)8(5,6)7/h;(H,5,6,7). The lowest BCUT2D eigenvalue weighted by molar-refractivity contribution is -0.463. The fourth-order valence-corrected chi connectivity index (χ4v) is 0.131. The highest BCUT2D eigenvalue weighted by atomic mass is 32.2. The molecular formula is C3HF9O4S. The molecule has 0 aliphatic carbocycles. The second kappa shape index (κ2) is 5.26. The molecule has 0 fully saturated rings. The Kier molecular flexibility index (Phi) is 5.75. The molecule has 0 aromatic rings. The van der Waals surface area contributed by atoms with Crippen LogP contribution >= 0.6 is 0 Å². The van der Waals surface area contributed by atoms with Crippen LogP contribution in [0.5, 0.6) is 0 Å². The maximum Gasteiger partial charge on any atom is 0.529 e. The number of hydrogen-bond donors (Lipinski definition) is 1. The van der Waals surface area contributed by atoms with E-state index in [9.17, 15) is 39.5 Å². The molecule has 0 unspecified atom stereocenters. The summed E-state index contributed by atoms with van der Waals surface area (Å²) < 4.78 is 123. The Morgan fingerprint density at radius 1 is 0.765 bits per heavy atom. The Morgan fingerprint density at radius 2 is 0.941 bits per heavy atom. The van der Waals surface area contributed by atoms with Crippen LogP contribution in [0, 0.1) is 0 Å². The van der Waals surface area contributed by atoms with Gasteiger partial charge in [-0.05, 0) is 0 Å². The van der Waals surface area contributed by atoms with Crippen molar-refractivity contribution in [3.8, 4) is 0 Å². The van der Waals surface area contributed by atoms with Gasteiger partial charge in [-0.2, -0.15) is 26.3 Å². The number of alkyl halides is 9. The smallest absolute Gasteiger partial charge is 0.279 e. The highest BCUT2D eigenvalue weighted by Crippen LogP contribution is 2.28. The molecule has 0 amide bonds. The fourth-order valence-electron chi connectivity index (χ4n) is 0.131. The fraction of sp³-hybridized carbons (Fsp3) is 1.00. The third-order valence-electron chi connectivity index (χ3n) is 0.524. The van der Waals surface area contributed by atoms with E-state index in [0.29, 0.717) is 0 Å². The van der Waals surface area contributed by atoms with Crippen molar-refractivity contribution in [2.75, 3.05) is 0 Å². The van der Waals surface area contributed by atoms with E-state index in [4.69, 9.17) is 13.0 Å². The molecule has 0 rings (SSSR count). The Morgan fingerprint density at radius 3 is 0.941 bits per heavy atom. The van der Waals surface area contributed by atoms with Crippen molar-refractivity contribution in [3.63, 3.8) is 0 Å². The molecule has 17 heavy (non-hydrogen) atoms. The lowest BCUT2D eigenvalue weighted by atomic mass is 11.2. The third-order valence-corrected chi connectivity index (χ3v) is 1.11. The first-order chi connectivity index (χ1) is 6.96. The van der Waals surface area contributed by atoms with Gasteiger partial charge in [-0.15, -0.1) is 26.3 Å². The van der Waals surface area contributed by atoms with Crippen LogP contribution in [0.4, 0.5) is 39.5 Å². The van der Waals surface area contributed by atoms with Crippen LogP contribution < -0.4 is 0 Å². The maximum atomic E-state index is 10.7. The van der Waals surface area contributed by atoms with Gasteiger partial charge in [0.15, 0.2) is 0 Å². The van der Waals surface area contributed by atoms with Crippen LogP contribution in [0.1, 0.15) is 0 Å². The Labute approximate surface area is 86.7 Å². The summed E-state index contributed by atoms with van der Waals surface area (Å²) >= 11 is 0. The molecule has 0 saturated carbocycles. The van der Waals surface area contributed by atoms with Gasteiger partial charge in [0.05, 0.1) is 0 Å². The first-order valence-electron chi connectivity index (χ1n) is 2.83. The zero-order valence-electron chi connectivity index (χ0n) is 6.98. The monoisotopic (exact) mass is 304 g/mol. The molecule has 1 N–H and O–H groups in total. The summed E-state index contributed by atoms with van der Waals surface area (Å²) in [6.45, 7) is 0. The molecule has 0 aromatic heterocycles. The second-order valence-electron chi connectivity index (χ2n) is 1.91. The van der Waals surface area contributed by atoms with Gasteiger partial charge in [-0.1, -0.05) is 0 Å². The SMILES string of the molecule is FC(F)(F)OC(F)(F)F.O=S(=O)(O)C(F)(F)F. The molecule has 14 heteroatoms. The van der Waals surface area contributed by atoms with Crippen LogP contribution in [0.2, 0.25) is 0 Å². The van der Waals surface area contributed by atoms with E-state index in [1.807, 2.05) is 0 Å². The number of halogens is 9. The van der Waals surface area contributed by atoms with Gasteiger partial charge in [0.1, 0.15) is 0 Å². The molecule has 0 spiro atoms. The van der Waals surface area contributed by atoms with E-state index >= 15 is 0 Å². The third kappa shape index (κ3) is 13.2. The van der Waals surface area contributed by atoms with Crippen molar-refractivity contribution in [1.29, 1.82) is 0 Å². The van der Waals surface area contributed by atoms with E-state index in [0.717, 1.165) is 0 Å². The van der Waals surface area contributed by atoms with Crippen molar-refractivity contribution >= 4 is 10.1 Å². The van der Waals surface area contributed by atoms with Gasteiger partial charge >= 0.3 is 28.4 Å². The van der Waals surface area contributed by atoms with Crippen molar-refractivity contribution in [3.05, 3.63) is 0 Å². The normalized spacial score (nSPS) is 14.0. The van der Waals surface area contributed by atoms with Crippen molar-refractivity contribution in [2.24, 2.45) is 0 Å². The van der Waals surface area contributed by atoms with E-state index in [1.165, 1.54) is 0 Å². The Hall–Kier alpha value is -0.760. The van der Waals surface area contributed by atoms with E-state index in [-0.39, 0.29) is 0 Å². The van der Waals surface area contributed by atoms with Crippen LogP contribution in [-0.4, -0.2) is 31.2 Å². The minimum absolute atomic E-state index is 1.62. The molecule has 0 atom stereocenters. The summed E-state index contributed by atoms with van der Waals surface area (Å²) in [5, 5.41) is 0. The highest BCUT2D eigenvalue weighted by molar-refractivity contribution is 7.86. The summed E-state index contributed by atoms with van der Waals surface area (Å²) in [6.07, 6.45) is -11.3. The Bertz CT molecular complexity index is 308. The molecule has 0 aliphatic rings. The highest BCUT2D eigenvalue weighted by Gasteiger charge is 2.45. The molecule has 0 radical (unpaired) electrons. The quantitative estimate of drug-likeness (QED) is 0.424. The molecule has 4 nitrogen and oxygen atoms in total. The van der Waals surface area contributed by atoms with E-state index in [2.05, 4.69) is 0 Å². The zero-order chi connectivity index (χ0) is 14.7. The number of rotatable bonds is 0. The first-order valence-corrected chi connectivity index (χ1v) is 4.27. The molecule has 0 bridgehead atoms. The summed E-state index contributed by atoms with van der Waals surface area (Å²) in [7, 11) is -5.84. The molecule has 0 aromatic carbocycles. The van der Waals surface area contributed by atoms with Gasteiger partial charge in [-0.3, -0.25) is 4.55 Å². The van der Waals surface area contributed by atoms with Gasteiger partial charge < -0.3 is 0 Å². The number of ether oxygens (including phenoxy) is 1. The lowest BCUT2D eigenvalue weighted by Gasteiger charge is -2.08. The molecular weight excluding hydrogens is 303 g/mol. The van der Waals surface area contributed by atoms with Gasteiger partial charge in [-0.25, -0.2) is 0 Å². The predicted octanol–water partition coefficient (Wildman–Crippen LogP) is 2.44. The van der Waals surface area contributed by atoms with Gasteiger partial charge in [0.2, 0.25) is 0 Å². The second-order valence-corrected chi connectivity index (χ2v) is 3.33. The average Bonchev–Trinajstić information content (AvgIpc) is 1.71.